The van der Waals surface area contributed by atoms with E-state index in [2.05, 4.69) is 24.1 Å². The highest BCUT2D eigenvalue weighted by Crippen LogP contribution is 2.16. The normalized spacial score (nSPS) is 12.1. The van der Waals surface area contributed by atoms with Gasteiger partial charge in [0.1, 0.15) is 4.99 Å². The molecule has 1 heterocycles. The summed E-state index contributed by atoms with van der Waals surface area (Å²) in [6.45, 7) is 4.41. The molecule has 100 valence electrons. The molecule has 18 heavy (non-hydrogen) atoms. The second-order valence-corrected chi connectivity index (χ2v) is 5.12. The molecule has 0 aliphatic rings. The minimum atomic E-state index is 0.415. The number of aromatic nitrogens is 1. The first-order valence-electron chi connectivity index (χ1n) is 6.65. The molecule has 0 fully saturated rings. The summed E-state index contributed by atoms with van der Waals surface area (Å²) in [5.74, 6) is 0. The molecule has 0 saturated carbocycles. The molecule has 0 radical (unpaired) electrons. The van der Waals surface area contributed by atoms with Crippen LogP contribution >= 0.6 is 12.2 Å². The van der Waals surface area contributed by atoms with Gasteiger partial charge in [-0.05, 0) is 19.4 Å². The number of pyridine rings is 1. The van der Waals surface area contributed by atoms with E-state index in [9.17, 15) is 0 Å². The second-order valence-electron chi connectivity index (χ2n) is 4.68. The Hall–Kier alpha value is -1.16. The second kappa shape index (κ2) is 8.03. The third-order valence-electron chi connectivity index (χ3n) is 2.98. The summed E-state index contributed by atoms with van der Waals surface area (Å²) in [7, 11) is 0. The van der Waals surface area contributed by atoms with Gasteiger partial charge in [0.15, 0.2) is 0 Å². The van der Waals surface area contributed by atoms with Crippen molar-refractivity contribution in [1.29, 1.82) is 0 Å². The standard InChI is InChI=1S/C14H23N3S/c1-3-4-5-6-7-11(2)17-13-10-16-9-8-12(13)14(15)18/h8-11,17H,3-7H2,1-2H3,(H2,15,18). The van der Waals surface area contributed by atoms with E-state index in [4.69, 9.17) is 18.0 Å². The highest BCUT2D eigenvalue weighted by molar-refractivity contribution is 7.80. The third-order valence-corrected chi connectivity index (χ3v) is 3.20. The minimum absolute atomic E-state index is 0.415. The first-order chi connectivity index (χ1) is 8.65. The van der Waals surface area contributed by atoms with Gasteiger partial charge < -0.3 is 11.1 Å². The number of anilines is 1. The average Bonchev–Trinajstić information content (AvgIpc) is 2.35. The Morgan fingerprint density at radius 3 is 2.89 bits per heavy atom. The lowest BCUT2D eigenvalue weighted by atomic mass is 10.1. The summed E-state index contributed by atoms with van der Waals surface area (Å²) >= 11 is 5.03. The Bertz CT molecular complexity index is 379. The van der Waals surface area contributed by atoms with E-state index in [0.29, 0.717) is 11.0 Å². The SMILES string of the molecule is CCCCCCC(C)Nc1cnccc1C(N)=S. The van der Waals surface area contributed by atoms with Crippen LogP contribution in [0.3, 0.4) is 0 Å². The fourth-order valence-electron chi connectivity index (χ4n) is 1.94. The molecule has 0 aliphatic heterocycles. The van der Waals surface area contributed by atoms with Crippen molar-refractivity contribution in [1.82, 2.24) is 4.98 Å². The monoisotopic (exact) mass is 265 g/mol. The summed E-state index contributed by atoms with van der Waals surface area (Å²) in [6, 6.07) is 2.27. The molecule has 1 rings (SSSR count). The van der Waals surface area contributed by atoms with Crippen LogP contribution in [0.5, 0.6) is 0 Å². The van der Waals surface area contributed by atoms with Crippen molar-refractivity contribution >= 4 is 22.9 Å². The summed E-state index contributed by atoms with van der Waals surface area (Å²) in [6.07, 6.45) is 9.81. The minimum Gasteiger partial charge on any atom is -0.389 e. The van der Waals surface area contributed by atoms with Gasteiger partial charge in [0.05, 0.1) is 11.9 Å². The molecule has 0 spiro atoms. The number of thiocarbonyl (C=S) groups is 1. The van der Waals surface area contributed by atoms with Gasteiger partial charge in [0, 0.05) is 17.8 Å². The van der Waals surface area contributed by atoms with Gasteiger partial charge in [-0.1, -0.05) is 44.8 Å². The van der Waals surface area contributed by atoms with Gasteiger partial charge in [-0.3, -0.25) is 4.98 Å². The van der Waals surface area contributed by atoms with Crippen molar-refractivity contribution in [3.63, 3.8) is 0 Å². The van der Waals surface area contributed by atoms with Gasteiger partial charge in [-0.2, -0.15) is 0 Å². The van der Waals surface area contributed by atoms with E-state index >= 15 is 0 Å². The summed E-state index contributed by atoms with van der Waals surface area (Å²) in [4.78, 5) is 4.53. The van der Waals surface area contributed by atoms with Crippen LogP contribution in [0.15, 0.2) is 18.5 Å². The zero-order valence-electron chi connectivity index (χ0n) is 11.3. The number of rotatable bonds is 8. The first kappa shape index (κ1) is 14.9. The predicted octanol–water partition coefficient (Wildman–Crippen LogP) is 3.49. The highest BCUT2D eigenvalue weighted by atomic mass is 32.1. The van der Waals surface area contributed by atoms with Gasteiger partial charge in [-0.25, -0.2) is 0 Å². The number of hydrogen-bond acceptors (Lipinski definition) is 3. The molecule has 0 amide bonds. The topological polar surface area (TPSA) is 50.9 Å². The van der Waals surface area contributed by atoms with E-state index in [1.54, 1.807) is 12.4 Å². The van der Waals surface area contributed by atoms with E-state index in [1.807, 2.05) is 6.07 Å². The molecular formula is C14H23N3S. The molecule has 1 unspecified atom stereocenters. The van der Waals surface area contributed by atoms with Crippen LogP contribution in [-0.2, 0) is 0 Å². The third kappa shape index (κ3) is 5.00. The molecule has 0 aliphatic carbocycles. The highest BCUT2D eigenvalue weighted by Gasteiger charge is 2.08. The van der Waals surface area contributed by atoms with Crippen LogP contribution in [0, 0.1) is 0 Å². The Morgan fingerprint density at radius 2 is 2.22 bits per heavy atom. The number of nitrogens with one attached hydrogen (secondary N) is 1. The Labute approximate surface area is 115 Å². The summed E-state index contributed by atoms with van der Waals surface area (Å²) in [5, 5.41) is 3.44. The predicted molar refractivity (Wildman–Crippen MR) is 82.0 cm³/mol. The lowest BCUT2D eigenvalue weighted by molar-refractivity contribution is 0.594. The van der Waals surface area contributed by atoms with Crippen LogP contribution in [0.4, 0.5) is 5.69 Å². The van der Waals surface area contributed by atoms with Crippen LogP contribution in [0.1, 0.15) is 51.5 Å². The number of nitrogens with two attached hydrogens (primary N) is 1. The Morgan fingerprint density at radius 1 is 1.44 bits per heavy atom. The average molecular weight is 265 g/mol. The van der Waals surface area contributed by atoms with Crippen molar-refractivity contribution in [2.24, 2.45) is 5.73 Å². The van der Waals surface area contributed by atoms with Crippen molar-refractivity contribution < 1.29 is 0 Å². The van der Waals surface area contributed by atoms with Crippen molar-refractivity contribution in [2.75, 3.05) is 5.32 Å². The molecule has 1 aromatic rings. The quantitative estimate of drug-likeness (QED) is 0.558. The maximum absolute atomic E-state index is 5.69. The van der Waals surface area contributed by atoms with E-state index in [0.717, 1.165) is 17.7 Å². The van der Waals surface area contributed by atoms with E-state index in [-0.39, 0.29) is 0 Å². The molecule has 3 N–H and O–H groups in total. The van der Waals surface area contributed by atoms with Crippen LogP contribution in [-0.4, -0.2) is 16.0 Å². The molecule has 1 aromatic heterocycles. The fraction of sp³-hybridized carbons (Fsp3) is 0.571. The molecule has 1 atom stereocenters. The van der Waals surface area contributed by atoms with Gasteiger partial charge >= 0.3 is 0 Å². The molecule has 0 aromatic carbocycles. The molecule has 4 heteroatoms. The Kier molecular flexibility index (Phi) is 6.65. The number of nitrogens with zero attached hydrogens (tertiary/aromatic N) is 1. The molecular weight excluding hydrogens is 242 g/mol. The molecule has 0 saturated heterocycles. The fourth-order valence-corrected chi connectivity index (χ4v) is 2.12. The lowest BCUT2D eigenvalue weighted by Gasteiger charge is -2.17. The lowest BCUT2D eigenvalue weighted by Crippen LogP contribution is -2.19. The number of hydrogen-bond donors (Lipinski definition) is 2. The van der Waals surface area contributed by atoms with Crippen LogP contribution < -0.4 is 11.1 Å². The summed E-state index contributed by atoms with van der Waals surface area (Å²) < 4.78 is 0. The zero-order chi connectivity index (χ0) is 13.4. The van der Waals surface area contributed by atoms with E-state index < -0.39 is 0 Å². The molecule has 0 bridgehead atoms. The van der Waals surface area contributed by atoms with Gasteiger partial charge in [0.25, 0.3) is 0 Å². The van der Waals surface area contributed by atoms with Crippen molar-refractivity contribution in [3.05, 3.63) is 24.0 Å². The van der Waals surface area contributed by atoms with Gasteiger partial charge in [-0.15, -0.1) is 0 Å². The zero-order valence-corrected chi connectivity index (χ0v) is 12.1. The van der Waals surface area contributed by atoms with Crippen LogP contribution in [0.2, 0.25) is 0 Å². The van der Waals surface area contributed by atoms with Gasteiger partial charge in [0.2, 0.25) is 0 Å². The maximum Gasteiger partial charge on any atom is 0.106 e. The molecule has 3 nitrogen and oxygen atoms in total. The van der Waals surface area contributed by atoms with Crippen molar-refractivity contribution in [3.8, 4) is 0 Å². The first-order valence-corrected chi connectivity index (χ1v) is 7.06. The largest absolute Gasteiger partial charge is 0.389 e. The summed E-state index contributed by atoms with van der Waals surface area (Å²) in [5.41, 5.74) is 7.51. The smallest absolute Gasteiger partial charge is 0.106 e. The maximum atomic E-state index is 5.69. The number of unbranched alkanes of at least 4 members (excludes halogenated alkanes) is 3. The van der Waals surface area contributed by atoms with Crippen LogP contribution in [0.25, 0.3) is 0 Å². The Balaban J connectivity index is 2.48. The van der Waals surface area contributed by atoms with Crippen molar-refractivity contribution in [2.45, 2.75) is 52.0 Å². The van der Waals surface area contributed by atoms with E-state index in [1.165, 1.54) is 25.7 Å².